The molecular formula is C18H15N3O2S. The van der Waals surface area contributed by atoms with Gasteiger partial charge in [0.1, 0.15) is 6.33 Å². The van der Waals surface area contributed by atoms with Crippen LogP contribution >= 0.6 is 0 Å². The van der Waals surface area contributed by atoms with Crippen LogP contribution in [0.4, 0.5) is 0 Å². The Balaban J connectivity index is 1.66. The fraction of sp³-hybridized carbons (Fsp3) is 0.167. The highest BCUT2D eigenvalue weighted by Gasteiger charge is 2.20. The topological polar surface area (TPSA) is 64.8 Å². The number of ketones is 1. The highest BCUT2D eigenvalue weighted by molar-refractivity contribution is 7.84. The Morgan fingerprint density at radius 2 is 1.96 bits per heavy atom. The van der Waals surface area contributed by atoms with Gasteiger partial charge in [0.2, 0.25) is 5.16 Å². The Labute approximate surface area is 141 Å². The third-order valence-electron chi connectivity index (χ3n) is 4.27. The van der Waals surface area contributed by atoms with E-state index in [9.17, 15) is 9.00 Å². The molecule has 1 atom stereocenters. The third-order valence-corrected chi connectivity index (χ3v) is 5.10. The first-order valence-electron chi connectivity index (χ1n) is 7.59. The van der Waals surface area contributed by atoms with E-state index in [1.165, 1.54) is 29.3 Å². The van der Waals surface area contributed by atoms with E-state index < -0.39 is 10.8 Å². The van der Waals surface area contributed by atoms with Crippen molar-refractivity contribution in [2.24, 2.45) is 0 Å². The molecule has 0 spiro atoms. The minimum Gasteiger partial charge on any atom is -0.299 e. The quantitative estimate of drug-likeness (QED) is 0.537. The maximum Gasteiger partial charge on any atom is 0.221 e. The molecule has 1 aromatic heterocycles. The number of hydrogen-bond donors (Lipinski definition) is 0. The Morgan fingerprint density at radius 3 is 2.79 bits per heavy atom. The van der Waals surface area contributed by atoms with Crippen LogP contribution in [-0.2, 0) is 23.8 Å². The average molecular weight is 337 g/mol. The number of carbonyl (C=O) groups is 1. The highest BCUT2D eigenvalue weighted by atomic mass is 32.2. The number of hydrogen-bond acceptors (Lipinski definition) is 4. The van der Waals surface area contributed by atoms with Crippen LogP contribution in [0.3, 0.4) is 0 Å². The standard InChI is InChI=1S/C18H15N3O2S/c1-24(23)18-20-19-11-21(18)10-17(22)14-7-6-13-8-12-4-2-3-5-15(12)16(13)9-14/h2-7,9,11H,8,10H2,1H3/t24-/m0/s1. The molecule has 0 amide bonds. The zero-order valence-electron chi connectivity index (χ0n) is 13.1. The van der Waals surface area contributed by atoms with Gasteiger partial charge in [-0.1, -0.05) is 36.4 Å². The molecular weight excluding hydrogens is 322 g/mol. The van der Waals surface area contributed by atoms with E-state index in [-0.39, 0.29) is 12.3 Å². The lowest BCUT2D eigenvalue weighted by atomic mass is 10.0. The van der Waals surface area contributed by atoms with Gasteiger partial charge in [-0.25, -0.2) is 0 Å². The molecule has 0 N–H and O–H groups in total. The van der Waals surface area contributed by atoms with Crippen molar-refractivity contribution in [2.45, 2.75) is 18.1 Å². The summed E-state index contributed by atoms with van der Waals surface area (Å²) in [6.07, 6.45) is 3.87. The smallest absolute Gasteiger partial charge is 0.221 e. The van der Waals surface area contributed by atoms with Gasteiger partial charge in [0.05, 0.1) is 17.3 Å². The van der Waals surface area contributed by atoms with Crippen LogP contribution in [0.15, 0.2) is 53.9 Å². The predicted octanol–water partition coefficient (Wildman–Crippen LogP) is 2.47. The number of Topliss-reactive ketones (excluding diaryl/α,β-unsaturated/α-hetero) is 1. The summed E-state index contributed by atoms with van der Waals surface area (Å²) in [6, 6.07) is 14.1. The van der Waals surface area contributed by atoms with Gasteiger partial charge in [0.25, 0.3) is 0 Å². The van der Waals surface area contributed by atoms with Crippen molar-refractivity contribution in [3.05, 3.63) is 65.5 Å². The largest absolute Gasteiger partial charge is 0.299 e. The van der Waals surface area contributed by atoms with Gasteiger partial charge in [-0.05, 0) is 34.7 Å². The van der Waals surface area contributed by atoms with Crippen molar-refractivity contribution >= 4 is 16.6 Å². The summed E-state index contributed by atoms with van der Waals surface area (Å²) in [6.45, 7) is 0.0857. The first kappa shape index (κ1) is 15.0. The molecule has 0 aliphatic heterocycles. The zero-order chi connectivity index (χ0) is 16.7. The lowest BCUT2D eigenvalue weighted by Crippen LogP contribution is -2.13. The van der Waals surface area contributed by atoms with Gasteiger partial charge in [-0.2, -0.15) is 0 Å². The summed E-state index contributed by atoms with van der Waals surface area (Å²) in [5.41, 5.74) is 5.50. The fourth-order valence-corrected chi connectivity index (χ4v) is 3.72. The normalized spacial score (nSPS) is 13.4. The molecule has 0 saturated heterocycles. The van der Waals surface area contributed by atoms with E-state index >= 15 is 0 Å². The van der Waals surface area contributed by atoms with E-state index in [0.717, 1.165) is 12.0 Å². The Morgan fingerprint density at radius 1 is 1.17 bits per heavy atom. The monoisotopic (exact) mass is 337 g/mol. The predicted molar refractivity (Wildman–Crippen MR) is 91.4 cm³/mol. The first-order valence-corrected chi connectivity index (χ1v) is 9.15. The van der Waals surface area contributed by atoms with Crippen LogP contribution < -0.4 is 0 Å². The van der Waals surface area contributed by atoms with Crippen molar-refractivity contribution in [3.8, 4) is 11.1 Å². The molecule has 0 bridgehead atoms. The Hall–Kier alpha value is -2.60. The molecule has 120 valence electrons. The van der Waals surface area contributed by atoms with Crippen molar-refractivity contribution in [1.82, 2.24) is 14.8 Å². The molecule has 1 heterocycles. The molecule has 24 heavy (non-hydrogen) atoms. The van der Waals surface area contributed by atoms with Gasteiger partial charge >= 0.3 is 0 Å². The van der Waals surface area contributed by atoms with Gasteiger partial charge < -0.3 is 0 Å². The maximum absolute atomic E-state index is 12.6. The van der Waals surface area contributed by atoms with E-state index in [4.69, 9.17) is 0 Å². The van der Waals surface area contributed by atoms with Crippen LogP contribution in [0.25, 0.3) is 11.1 Å². The SMILES string of the molecule is C[S@](=O)c1nncn1CC(=O)c1ccc2c(c1)-c1ccccc1C2. The number of carbonyl (C=O) groups excluding carboxylic acids is 1. The molecule has 3 aromatic rings. The Kier molecular flexibility index (Phi) is 3.61. The molecule has 1 aliphatic rings. The minimum absolute atomic E-state index is 0.0475. The summed E-state index contributed by atoms with van der Waals surface area (Å²) in [5, 5.41) is 7.87. The molecule has 0 fully saturated rings. The van der Waals surface area contributed by atoms with Gasteiger partial charge in [0, 0.05) is 11.8 Å². The molecule has 1 aliphatic carbocycles. The van der Waals surface area contributed by atoms with Crippen molar-refractivity contribution < 1.29 is 9.00 Å². The lowest BCUT2D eigenvalue weighted by Gasteiger charge is -2.07. The summed E-state index contributed by atoms with van der Waals surface area (Å²) in [5.74, 6) is -0.0475. The van der Waals surface area contributed by atoms with Gasteiger partial charge in [-0.15, -0.1) is 10.2 Å². The van der Waals surface area contributed by atoms with Crippen LogP contribution in [-0.4, -0.2) is 31.0 Å². The molecule has 2 aromatic carbocycles. The van der Waals surface area contributed by atoms with E-state index in [0.29, 0.717) is 10.7 Å². The number of aromatic nitrogens is 3. The zero-order valence-corrected chi connectivity index (χ0v) is 13.9. The van der Waals surface area contributed by atoms with Crippen LogP contribution in [0, 0.1) is 0 Å². The van der Waals surface area contributed by atoms with Crippen LogP contribution in [0.1, 0.15) is 21.5 Å². The number of nitrogens with zero attached hydrogens (tertiary/aromatic N) is 3. The maximum atomic E-state index is 12.6. The van der Waals surface area contributed by atoms with Gasteiger partial charge in [0.15, 0.2) is 5.78 Å². The molecule has 6 heteroatoms. The number of benzene rings is 2. The van der Waals surface area contributed by atoms with Crippen molar-refractivity contribution in [2.75, 3.05) is 6.26 Å². The second-order valence-electron chi connectivity index (χ2n) is 5.82. The summed E-state index contributed by atoms with van der Waals surface area (Å²) < 4.78 is 13.2. The number of fused-ring (bicyclic) bond motifs is 3. The average Bonchev–Trinajstić information content (AvgIpc) is 3.18. The second-order valence-corrected chi connectivity index (χ2v) is 7.10. The van der Waals surface area contributed by atoms with Crippen LogP contribution in [0.5, 0.6) is 0 Å². The number of rotatable bonds is 4. The summed E-state index contributed by atoms with van der Waals surface area (Å²) in [7, 11) is -1.27. The summed E-state index contributed by atoms with van der Waals surface area (Å²) >= 11 is 0. The molecule has 0 saturated carbocycles. The van der Waals surface area contributed by atoms with E-state index in [1.807, 2.05) is 30.3 Å². The molecule has 0 unspecified atom stereocenters. The molecule has 5 nitrogen and oxygen atoms in total. The lowest BCUT2D eigenvalue weighted by molar-refractivity contribution is 0.0969. The Bertz CT molecular complexity index is 978. The minimum atomic E-state index is -1.27. The second kappa shape index (κ2) is 5.79. The van der Waals surface area contributed by atoms with Crippen molar-refractivity contribution in [3.63, 3.8) is 0 Å². The molecule has 4 rings (SSSR count). The first-order chi connectivity index (χ1) is 11.6. The van der Waals surface area contributed by atoms with E-state index in [2.05, 4.69) is 22.3 Å². The van der Waals surface area contributed by atoms with Crippen molar-refractivity contribution in [1.29, 1.82) is 0 Å². The van der Waals surface area contributed by atoms with E-state index in [1.54, 1.807) is 4.57 Å². The van der Waals surface area contributed by atoms with Gasteiger partial charge in [-0.3, -0.25) is 13.6 Å². The summed E-state index contributed by atoms with van der Waals surface area (Å²) in [4.78, 5) is 12.6. The third kappa shape index (κ3) is 2.49. The molecule has 0 radical (unpaired) electrons. The fourth-order valence-electron chi connectivity index (χ4n) is 3.12. The van der Waals surface area contributed by atoms with Crippen LogP contribution in [0.2, 0.25) is 0 Å². The highest BCUT2D eigenvalue weighted by Crippen LogP contribution is 2.36.